The first-order valence-corrected chi connectivity index (χ1v) is 9.95. The Bertz CT molecular complexity index is 382. The summed E-state index contributed by atoms with van der Waals surface area (Å²) in [6.07, 6.45) is 13.4. The first-order chi connectivity index (χ1) is 11.9. The predicted octanol–water partition coefficient (Wildman–Crippen LogP) is 5.80. The van der Waals surface area contributed by atoms with Gasteiger partial charge in [-0.3, -0.25) is 0 Å². The van der Waals surface area contributed by atoms with Crippen LogP contribution >= 0.6 is 12.4 Å². The van der Waals surface area contributed by atoms with Crippen molar-refractivity contribution in [3.63, 3.8) is 0 Å². The number of hydrogen-bond acceptors (Lipinski definition) is 3. The second-order valence-electron chi connectivity index (χ2n) is 6.52. The number of benzene rings is 1. The summed E-state index contributed by atoms with van der Waals surface area (Å²) in [5, 5.41) is 1.85. The Morgan fingerprint density at radius 2 is 1.31 bits per heavy atom. The maximum absolute atomic E-state index is 5.41. The Morgan fingerprint density at radius 3 is 1.85 bits per heavy atom. The van der Waals surface area contributed by atoms with Crippen LogP contribution in [-0.4, -0.2) is 45.5 Å². The molecule has 0 heterocycles. The van der Waals surface area contributed by atoms with Crippen molar-refractivity contribution >= 4 is 39.7 Å². The van der Waals surface area contributed by atoms with Gasteiger partial charge in [-0.05, 0) is 18.9 Å². The molecule has 3 nitrogen and oxygen atoms in total. The van der Waals surface area contributed by atoms with Gasteiger partial charge in [0, 0.05) is 6.54 Å². The van der Waals surface area contributed by atoms with Gasteiger partial charge in [-0.2, -0.15) is 5.06 Å². The summed E-state index contributed by atoms with van der Waals surface area (Å²) in [7, 11) is 0. The summed E-state index contributed by atoms with van der Waals surface area (Å²) in [6.45, 7) is 6.60. The van der Waals surface area contributed by atoms with Crippen LogP contribution in [-0.2, 0) is 16.4 Å². The number of rotatable bonds is 16. The summed E-state index contributed by atoms with van der Waals surface area (Å²) in [4.78, 5) is 10.8. The van der Waals surface area contributed by atoms with E-state index in [2.05, 4.69) is 26.0 Å². The van der Waals surface area contributed by atoms with E-state index in [4.69, 9.17) is 9.88 Å². The van der Waals surface area contributed by atoms with Gasteiger partial charge in [-0.15, -0.1) is 17.4 Å². The summed E-state index contributed by atoms with van der Waals surface area (Å²) >= 11 is 0. The minimum absolute atomic E-state index is 0. The van der Waals surface area contributed by atoms with E-state index in [0.29, 0.717) is 6.61 Å². The molecule has 0 aliphatic rings. The van der Waals surface area contributed by atoms with Gasteiger partial charge >= 0.3 is 27.3 Å². The van der Waals surface area contributed by atoms with Gasteiger partial charge in [0.15, 0.2) is 0 Å². The van der Waals surface area contributed by atoms with Crippen molar-refractivity contribution in [2.75, 3.05) is 13.2 Å². The van der Waals surface area contributed by atoms with Crippen molar-refractivity contribution in [1.82, 2.24) is 5.06 Å². The number of hydroxylamine groups is 2. The average Bonchev–Trinajstić information content (AvgIpc) is 2.62. The summed E-state index contributed by atoms with van der Waals surface area (Å²) in [5.41, 5.74) is 1.24. The van der Waals surface area contributed by atoms with E-state index in [0.717, 1.165) is 19.5 Å². The van der Waals surface area contributed by atoms with E-state index in [-0.39, 0.29) is 39.7 Å². The van der Waals surface area contributed by atoms with Crippen molar-refractivity contribution in [3.8, 4) is 0 Å². The molecule has 5 heteroatoms. The zero-order valence-electron chi connectivity index (χ0n) is 17.0. The third-order valence-electron chi connectivity index (χ3n) is 4.29. The normalized spacial score (nSPS) is 10.4. The van der Waals surface area contributed by atoms with Gasteiger partial charge in [0.2, 0.25) is 0 Å². The third-order valence-corrected chi connectivity index (χ3v) is 4.29. The van der Waals surface area contributed by atoms with Crippen LogP contribution in [0, 0.1) is 0 Å². The van der Waals surface area contributed by atoms with E-state index in [1.54, 1.807) is 0 Å². The molecule has 0 fully saturated rings. The minimum atomic E-state index is 0. The molecule has 0 spiro atoms. The van der Waals surface area contributed by atoms with Crippen LogP contribution < -0.4 is 0 Å². The molecule has 152 valence electrons. The van der Waals surface area contributed by atoms with Crippen molar-refractivity contribution in [1.29, 1.82) is 0 Å². The van der Waals surface area contributed by atoms with Crippen LogP contribution in [0.25, 0.3) is 0 Å². The van der Waals surface area contributed by atoms with Crippen molar-refractivity contribution in [3.05, 3.63) is 35.9 Å². The van der Waals surface area contributed by atoms with E-state index in [9.17, 15) is 0 Å². The molecule has 0 atom stereocenters. The fraction of sp³-hybridized carbons (Fsp3) is 0.714. The number of unbranched alkanes of at least 4 members (excludes halogenated alkanes) is 9. The second-order valence-corrected chi connectivity index (χ2v) is 6.52. The fourth-order valence-corrected chi connectivity index (χ4v) is 2.74. The van der Waals surface area contributed by atoms with Crippen LogP contribution in [0.3, 0.4) is 0 Å². The van der Waals surface area contributed by atoms with Crippen molar-refractivity contribution in [2.45, 2.75) is 84.6 Å². The van der Waals surface area contributed by atoms with Crippen LogP contribution in [0.4, 0.5) is 0 Å². The molecule has 0 saturated heterocycles. The Balaban J connectivity index is 0. The van der Waals surface area contributed by atoms with Crippen LogP contribution in [0.1, 0.15) is 83.6 Å². The topological polar surface area (TPSA) is 21.7 Å². The van der Waals surface area contributed by atoms with Crippen LogP contribution in [0.15, 0.2) is 30.3 Å². The van der Waals surface area contributed by atoms with Gasteiger partial charge in [0.25, 0.3) is 0 Å². The fourth-order valence-electron chi connectivity index (χ4n) is 2.74. The summed E-state index contributed by atoms with van der Waals surface area (Å²) in [5.74, 6) is 0. The number of hydrogen-bond donors (Lipinski definition) is 0. The first-order valence-electron chi connectivity index (χ1n) is 9.95. The van der Waals surface area contributed by atoms with Gasteiger partial charge < -0.3 is 0 Å². The van der Waals surface area contributed by atoms with Crippen LogP contribution in [0.5, 0.6) is 0 Å². The maximum atomic E-state index is 5.41. The molecule has 0 saturated carbocycles. The van der Waals surface area contributed by atoms with Gasteiger partial charge in [-0.1, -0.05) is 95.0 Å². The Hall–Kier alpha value is 0.312. The molecule has 1 aromatic carbocycles. The second kappa shape index (κ2) is 21.6. The van der Waals surface area contributed by atoms with E-state index in [1.807, 2.05) is 23.3 Å². The zero-order chi connectivity index (χ0) is 17.3. The average molecular weight is 581 g/mol. The Kier molecular flexibility index (Phi) is 23.7. The molecule has 0 aliphatic heterocycles. The van der Waals surface area contributed by atoms with E-state index in [1.165, 1.54) is 63.4 Å². The first kappa shape index (κ1) is 28.5. The molecule has 0 aliphatic carbocycles. The molecule has 1 aromatic rings. The molecule has 26 heavy (non-hydrogen) atoms. The standard InChI is InChI=1S/C21H37NO2.ClH.Pb.2H/c1-3-5-6-7-8-9-10-11-12-16-19-23-24-22(4-2)20-21-17-14-13-15-18-21;;;;/h13-15,17-18H,3-12,16,19-20H2,1-2H3;1H;;;. The van der Waals surface area contributed by atoms with Gasteiger partial charge in [0.1, 0.15) is 0 Å². The summed E-state index contributed by atoms with van der Waals surface area (Å²) < 4.78 is 0. The number of halogens is 1. The van der Waals surface area contributed by atoms with Gasteiger partial charge in [0.05, 0.1) is 13.2 Å². The number of nitrogens with zero attached hydrogens (tertiary/aromatic N) is 1. The van der Waals surface area contributed by atoms with Crippen molar-refractivity contribution < 1.29 is 9.88 Å². The quantitative estimate of drug-likeness (QED) is 0.107. The molecular weight excluding hydrogens is 541 g/mol. The molecule has 1 rings (SSSR count). The molecule has 0 bridgehead atoms. The Morgan fingerprint density at radius 1 is 0.769 bits per heavy atom. The predicted molar refractivity (Wildman–Crippen MR) is 117 cm³/mol. The molecule has 2 radical (unpaired) electrons. The third kappa shape index (κ3) is 16.5. The monoisotopic (exact) mass is 581 g/mol. The van der Waals surface area contributed by atoms with Crippen LogP contribution in [0.2, 0.25) is 0 Å². The molecule has 0 unspecified atom stereocenters. The molecular formula is C21H40ClNO2Pb. The summed E-state index contributed by atoms with van der Waals surface area (Å²) in [6, 6.07) is 10.3. The molecule has 0 N–H and O–H groups in total. The molecule has 0 amide bonds. The van der Waals surface area contributed by atoms with Gasteiger partial charge in [-0.25, -0.2) is 4.89 Å². The Labute approximate surface area is 187 Å². The zero-order valence-corrected chi connectivity index (χ0v) is 23.3. The van der Waals surface area contributed by atoms with E-state index < -0.39 is 0 Å². The SMILES string of the molecule is CCCCCCCCCCCCOON(CC)Cc1ccccc1.Cl.[PbH2]. The van der Waals surface area contributed by atoms with Crippen molar-refractivity contribution in [2.24, 2.45) is 0 Å². The molecule has 0 aromatic heterocycles. The van der Waals surface area contributed by atoms with E-state index >= 15 is 0 Å².